The van der Waals surface area contributed by atoms with E-state index < -0.39 is 32.5 Å². The Morgan fingerprint density at radius 1 is 0.654 bits per heavy atom. The fourth-order valence-electron chi connectivity index (χ4n) is 5.19. The van der Waals surface area contributed by atoms with Gasteiger partial charge in [0.15, 0.2) is 6.10 Å². The van der Waals surface area contributed by atoms with Crippen LogP contribution >= 0.6 is 7.82 Å². The Bertz CT molecular complexity index is 1010. The summed E-state index contributed by atoms with van der Waals surface area (Å²) in [5.74, 6) is -0.913. The third-order valence-corrected chi connectivity index (χ3v) is 9.37. The van der Waals surface area contributed by atoms with Crippen LogP contribution in [0.25, 0.3) is 0 Å². The normalized spacial score (nSPS) is 14.5. The Kier molecular flexibility index (Phi) is 35.8. The molecule has 3 atom stereocenters. The number of hydrogen-bond acceptors (Lipinski definition) is 9. The lowest BCUT2D eigenvalue weighted by molar-refractivity contribution is -0.161. The van der Waals surface area contributed by atoms with Gasteiger partial charge < -0.3 is 25.2 Å². The van der Waals surface area contributed by atoms with Gasteiger partial charge in [0.05, 0.1) is 19.3 Å². The molecule has 4 N–H and O–H groups in total. The Labute approximate surface area is 316 Å². The number of hydrogen-bond donors (Lipinski definition) is 3. The zero-order chi connectivity index (χ0) is 38.4. The van der Waals surface area contributed by atoms with Crippen LogP contribution in [0.2, 0.25) is 0 Å². The van der Waals surface area contributed by atoms with Gasteiger partial charge in [0, 0.05) is 19.4 Å². The number of aliphatic hydroxyl groups is 1. The summed E-state index contributed by atoms with van der Waals surface area (Å²) in [6.07, 6.45) is 38.0. The first-order valence-corrected chi connectivity index (χ1v) is 21.7. The van der Waals surface area contributed by atoms with E-state index >= 15 is 0 Å². The molecule has 0 amide bonds. The van der Waals surface area contributed by atoms with Crippen LogP contribution in [-0.2, 0) is 32.7 Å². The quantitative estimate of drug-likeness (QED) is 0.0241. The standard InChI is InChI=1S/C41H74NO9P/c1-3-5-6-7-8-9-10-13-18-21-24-27-30-33-41(45)51-39(37-50-52(46,47)49-35-34-42)36-48-40(44)32-29-26-23-20-17-15-12-11-14-16-19-22-25-28-31-38(43)4-2/h12,14-16,20,22-23,25,38-39,43H,3-11,13,17-19,21,24,26-37,42H2,1-2H3,(H,46,47)/b15-12-,16-14-,23-20-,25-22-/t38-,39+/m0/s1. The lowest BCUT2D eigenvalue weighted by Crippen LogP contribution is -2.29. The topological polar surface area (TPSA) is 155 Å². The van der Waals surface area contributed by atoms with E-state index in [4.69, 9.17) is 24.3 Å². The second-order valence-corrected chi connectivity index (χ2v) is 14.8. The average Bonchev–Trinajstić information content (AvgIpc) is 3.13. The molecule has 0 aliphatic heterocycles. The molecule has 0 saturated heterocycles. The van der Waals surface area contributed by atoms with Crippen LogP contribution in [0, 0.1) is 0 Å². The molecule has 0 aromatic heterocycles. The molecular weight excluding hydrogens is 681 g/mol. The highest BCUT2D eigenvalue weighted by Crippen LogP contribution is 2.43. The van der Waals surface area contributed by atoms with Crippen molar-refractivity contribution in [3.05, 3.63) is 48.6 Å². The van der Waals surface area contributed by atoms with Gasteiger partial charge in [0.25, 0.3) is 0 Å². The minimum atomic E-state index is -4.39. The van der Waals surface area contributed by atoms with Crippen molar-refractivity contribution in [2.24, 2.45) is 5.73 Å². The van der Waals surface area contributed by atoms with Gasteiger partial charge in [0.1, 0.15) is 6.61 Å². The zero-order valence-electron chi connectivity index (χ0n) is 32.6. The molecular formula is C41H74NO9P. The summed E-state index contributed by atoms with van der Waals surface area (Å²) >= 11 is 0. The molecule has 11 heteroatoms. The molecule has 0 aromatic carbocycles. The van der Waals surface area contributed by atoms with E-state index in [1.54, 1.807) is 0 Å². The molecule has 0 fully saturated rings. The number of phosphoric ester groups is 1. The van der Waals surface area contributed by atoms with E-state index in [1.165, 1.54) is 57.8 Å². The summed E-state index contributed by atoms with van der Waals surface area (Å²) in [6.45, 7) is 3.37. The molecule has 0 bridgehead atoms. The summed E-state index contributed by atoms with van der Waals surface area (Å²) in [6, 6.07) is 0. The molecule has 0 rings (SSSR count). The van der Waals surface area contributed by atoms with Crippen LogP contribution < -0.4 is 5.73 Å². The maximum atomic E-state index is 12.5. The summed E-state index contributed by atoms with van der Waals surface area (Å²) in [4.78, 5) is 34.7. The van der Waals surface area contributed by atoms with E-state index in [-0.39, 0.29) is 38.7 Å². The van der Waals surface area contributed by atoms with Crippen LogP contribution in [0.5, 0.6) is 0 Å². The largest absolute Gasteiger partial charge is 0.472 e. The summed E-state index contributed by atoms with van der Waals surface area (Å²) in [7, 11) is -4.39. The van der Waals surface area contributed by atoms with Crippen molar-refractivity contribution in [1.29, 1.82) is 0 Å². The summed E-state index contributed by atoms with van der Waals surface area (Å²) < 4.78 is 32.6. The maximum absolute atomic E-state index is 12.5. The smallest absolute Gasteiger partial charge is 0.462 e. The molecule has 1 unspecified atom stereocenters. The Morgan fingerprint density at radius 2 is 1.15 bits per heavy atom. The first-order valence-electron chi connectivity index (χ1n) is 20.2. The highest BCUT2D eigenvalue weighted by atomic mass is 31.2. The van der Waals surface area contributed by atoms with E-state index in [9.17, 15) is 24.2 Å². The Morgan fingerprint density at radius 3 is 1.69 bits per heavy atom. The third kappa shape index (κ3) is 36.3. The van der Waals surface area contributed by atoms with Crippen LogP contribution in [-0.4, -0.2) is 60.5 Å². The maximum Gasteiger partial charge on any atom is 0.472 e. The average molecular weight is 756 g/mol. The molecule has 0 aliphatic carbocycles. The number of ether oxygens (including phenoxy) is 2. The molecule has 302 valence electrons. The molecule has 0 aromatic rings. The third-order valence-electron chi connectivity index (χ3n) is 8.38. The number of carbonyl (C=O) groups excluding carboxylic acids is 2. The molecule has 0 heterocycles. The number of unbranched alkanes of at least 4 members (excludes halogenated alkanes) is 13. The van der Waals surface area contributed by atoms with Gasteiger partial charge >= 0.3 is 19.8 Å². The van der Waals surface area contributed by atoms with Gasteiger partial charge in [-0.1, -0.05) is 140 Å². The Balaban J connectivity index is 4.30. The minimum Gasteiger partial charge on any atom is -0.462 e. The molecule has 10 nitrogen and oxygen atoms in total. The van der Waals surface area contributed by atoms with Gasteiger partial charge in [-0.25, -0.2) is 4.57 Å². The number of aliphatic hydroxyl groups excluding tert-OH is 1. The van der Waals surface area contributed by atoms with E-state index in [0.717, 1.165) is 64.2 Å². The fraction of sp³-hybridized carbons (Fsp3) is 0.756. The first-order chi connectivity index (χ1) is 25.2. The number of esters is 2. The van der Waals surface area contributed by atoms with Crippen molar-refractivity contribution < 1.29 is 42.7 Å². The fourth-order valence-corrected chi connectivity index (χ4v) is 5.96. The van der Waals surface area contributed by atoms with Gasteiger partial charge in [0.2, 0.25) is 0 Å². The number of rotatable bonds is 37. The first kappa shape index (κ1) is 49.9. The van der Waals surface area contributed by atoms with Gasteiger partial charge in [-0.15, -0.1) is 0 Å². The molecule has 0 saturated carbocycles. The second kappa shape index (κ2) is 37.3. The summed E-state index contributed by atoms with van der Waals surface area (Å²) in [5, 5.41) is 9.54. The van der Waals surface area contributed by atoms with Crippen molar-refractivity contribution in [2.75, 3.05) is 26.4 Å². The van der Waals surface area contributed by atoms with Crippen molar-refractivity contribution >= 4 is 19.8 Å². The second-order valence-electron chi connectivity index (χ2n) is 13.3. The van der Waals surface area contributed by atoms with Gasteiger partial charge in [-0.2, -0.15) is 0 Å². The molecule has 0 aliphatic rings. The Hall–Kier alpha value is -2.07. The van der Waals surface area contributed by atoms with Crippen LogP contribution in [0.3, 0.4) is 0 Å². The van der Waals surface area contributed by atoms with Gasteiger partial charge in [-0.05, 0) is 57.8 Å². The lowest BCUT2D eigenvalue weighted by atomic mass is 10.0. The minimum absolute atomic E-state index is 0.0402. The predicted molar refractivity (Wildman–Crippen MR) is 212 cm³/mol. The van der Waals surface area contributed by atoms with Crippen molar-refractivity contribution in [3.8, 4) is 0 Å². The highest BCUT2D eigenvalue weighted by molar-refractivity contribution is 7.47. The van der Waals surface area contributed by atoms with E-state index in [0.29, 0.717) is 12.8 Å². The zero-order valence-corrected chi connectivity index (χ0v) is 33.5. The van der Waals surface area contributed by atoms with E-state index in [2.05, 4.69) is 49.5 Å². The molecule has 52 heavy (non-hydrogen) atoms. The van der Waals surface area contributed by atoms with Crippen LogP contribution in [0.4, 0.5) is 0 Å². The number of carbonyl (C=O) groups is 2. The predicted octanol–water partition coefficient (Wildman–Crippen LogP) is 10.1. The SMILES string of the molecule is CCCCCCCCCCCCCCCC(=O)O[C@H](COC(=O)CCC/C=C\C/C=C\C/C=C\C/C=C\CC[C@@H](O)CC)COP(=O)(O)OCCN. The van der Waals surface area contributed by atoms with Gasteiger partial charge in [-0.3, -0.25) is 18.6 Å². The number of nitrogens with two attached hydrogens (primary N) is 1. The van der Waals surface area contributed by atoms with Crippen LogP contribution in [0.15, 0.2) is 48.6 Å². The van der Waals surface area contributed by atoms with Crippen LogP contribution in [0.1, 0.15) is 162 Å². The summed E-state index contributed by atoms with van der Waals surface area (Å²) in [5.41, 5.74) is 5.33. The molecule has 0 spiro atoms. The number of phosphoric acid groups is 1. The number of allylic oxidation sites excluding steroid dienone is 8. The van der Waals surface area contributed by atoms with E-state index in [1.807, 2.05) is 13.0 Å². The van der Waals surface area contributed by atoms with Crippen molar-refractivity contribution in [1.82, 2.24) is 0 Å². The monoisotopic (exact) mass is 756 g/mol. The van der Waals surface area contributed by atoms with Crippen molar-refractivity contribution in [2.45, 2.75) is 174 Å². The van der Waals surface area contributed by atoms with Crippen molar-refractivity contribution in [3.63, 3.8) is 0 Å². The lowest BCUT2D eigenvalue weighted by Gasteiger charge is -2.19. The highest BCUT2D eigenvalue weighted by Gasteiger charge is 2.25. The molecule has 0 radical (unpaired) electrons.